The Morgan fingerprint density at radius 1 is 1.18 bits per heavy atom. The number of hydrogen-bond donors (Lipinski definition) is 5. The van der Waals surface area contributed by atoms with E-state index in [0.717, 1.165) is 24.1 Å². The number of aromatic amines is 1. The van der Waals surface area contributed by atoms with E-state index in [4.69, 9.17) is 15.6 Å². The lowest BCUT2D eigenvalue weighted by Crippen LogP contribution is -2.50. The average molecular weight is 460 g/mol. The number of nitrogens with one attached hydrogen (secondary N) is 3. The van der Waals surface area contributed by atoms with Crippen LogP contribution in [0.4, 0.5) is 4.79 Å². The van der Waals surface area contributed by atoms with Crippen molar-refractivity contribution < 1.29 is 19.4 Å². The maximum absolute atomic E-state index is 12.6. The van der Waals surface area contributed by atoms with Crippen LogP contribution in [0.5, 0.6) is 0 Å². The lowest BCUT2D eigenvalue weighted by molar-refractivity contribution is -0.126. The molecule has 2 aromatic rings. The SMILES string of the molecule is CC(C)(N)C(=O)NC(CCCc1ccccc1)c1[nH]ncc1CCOC(=O)NCCCCO. The summed E-state index contributed by atoms with van der Waals surface area (Å²) in [6.45, 7) is 4.09. The first-order valence-corrected chi connectivity index (χ1v) is 11.5. The monoisotopic (exact) mass is 459 g/mol. The average Bonchev–Trinajstić information content (AvgIpc) is 3.24. The molecule has 1 unspecified atom stereocenters. The smallest absolute Gasteiger partial charge is 0.407 e. The zero-order valence-corrected chi connectivity index (χ0v) is 19.6. The second-order valence-corrected chi connectivity index (χ2v) is 8.68. The highest BCUT2D eigenvalue weighted by atomic mass is 16.5. The van der Waals surface area contributed by atoms with Crippen molar-refractivity contribution in [1.29, 1.82) is 0 Å². The Morgan fingerprint density at radius 3 is 2.64 bits per heavy atom. The third kappa shape index (κ3) is 9.63. The van der Waals surface area contributed by atoms with Crippen LogP contribution < -0.4 is 16.4 Å². The predicted molar refractivity (Wildman–Crippen MR) is 126 cm³/mol. The highest BCUT2D eigenvalue weighted by molar-refractivity contribution is 5.85. The molecular formula is C24H37N5O4. The van der Waals surface area contributed by atoms with Gasteiger partial charge < -0.3 is 26.2 Å². The molecule has 2 rings (SSSR count). The fraction of sp³-hybridized carbons (Fsp3) is 0.542. The molecule has 0 aliphatic heterocycles. The standard InChI is InChI=1S/C24H37N5O4/c1-24(2,25)22(31)28-20(12-8-11-18-9-4-3-5-10-18)21-19(17-27-29-21)13-16-33-23(32)26-14-6-7-15-30/h3-5,9-10,17,20,30H,6-8,11-16,25H2,1-2H3,(H,26,32)(H,27,29)(H,28,31). The quantitative estimate of drug-likeness (QED) is 0.275. The Hall–Kier alpha value is -2.91. The molecule has 0 saturated carbocycles. The van der Waals surface area contributed by atoms with E-state index in [-0.39, 0.29) is 25.2 Å². The maximum Gasteiger partial charge on any atom is 0.407 e. The van der Waals surface area contributed by atoms with Crippen LogP contribution in [-0.2, 0) is 22.4 Å². The third-order valence-electron chi connectivity index (χ3n) is 5.25. The molecule has 182 valence electrons. The highest BCUT2D eigenvalue weighted by Crippen LogP contribution is 2.23. The van der Waals surface area contributed by atoms with Crippen LogP contribution in [0.3, 0.4) is 0 Å². The first-order valence-electron chi connectivity index (χ1n) is 11.5. The molecule has 0 fully saturated rings. The molecule has 1 heterocycles. The Bertz CT molecular complexity index is 848. The van der Waals surface area contributed by atoms with Gasteiger partial charge in [-0.25, -0.2) is 4.79 Å². The first kappa shape index (κ1) is 26.3. The number of nitrogens with two attached hydrogens (primary N) is 1. The van der Waals surface area contributed by atoms with E-state index in [1.807, 2.05) is 18.2 Å². The van der Waals surface area contributed by atoms with Crippen molar-refractivity contribution in [2.45, 2.75) is 64.0 Å². The molecule has 9 heteroatoms. The molecule has 9 nitrogen and oxygen atoms in total. The number of carbonyl (C=O) groups excluding carboxylic acids is 2. The summed E-state index contributed by atoms with van der Waals surface area (Å²) in [5.41, 5.74) is 7.91. The van der Waals surface area contributed by atoms with Crippen molar-refractivity contribution in [3.05, 3.63) is 53.3 Å². The van der Waals surface area contributed by atoms with Crippen molar-refractivity contribution in [1.82, 2.24) is 20.8 Å². The van der Waals surface area contributed by atoms with Crippen molar-refractivity contribution in [2.24, 2.45) is 5.73 Å². The number of aryl methyl sites for hydroxylation is 1. The summed E-state index contributed by atoms with van der Waals surface area (Å²) in [6.07, 6.45) is 5.46. The number of aromatic nitrogens is 2. The summed E-state index contributed by atoms with van der Waals surface area (Å²) < 4.78 is 5.24. The van der Waals surface area contributed by atoms with Crippen LogP contribution in [-0.4, -0.2) is 52.6 Å². The Balaban J connectivity index is 1.96. The molecule has 0 spiro atoms. The van der Waals surface area contributed by atoms with Gasteiger partial charge in [-0.15, -0.1) is 0 Å². The number of nitrogens with zero attached hydrogens (tertiary/aromatic N) is 1. The number of hydrogen-bond acceptors (Lipinski definition) is 6. The Kier molecular flexibility index (Phi) is 10.9. The number of aliphatic hydroxyl groups is 1. The zero-order valence-electron chi connectivity index (χ0n) is 19.6. The van der Waals surface area contributed by atoms with Crippen molar-refractivity contribution in [3.63, 3.8) is 0 Å². The number of rotatable bonds is 14. The number of benzene rings is 1. The van der Waals surface area contributed by atoms with Gasteiger partial charge in [0.15, 0.2) is 0 Å². The molecule has 0 bridgehead atoms. The van der Waals surface area contributed by atoms with E-state index >= 15 is 0 Å². The summed E-state index contributed by atoms with van der Waals surface area (Å²) in [5, 5.41) is 21.7. The number of carbonyl (C=O) groups is 2. The Morgan fingerprint density at radius 2 is 1.94 bits per heavy atom. The minimum Gasteiger partial charge on any atom is -0.449 e. The Labute approximate surface area is 195 Å². The van der Waals surface area contributed by atoms with Gasteiger partial charge >= 0.3 is 6.09 Å². The molecule has 1 atom stereocenters. The third-order valence-corrected chi connectivity index (χ3v) is 5.25. The van der Waals surface area contributed by atoms with Crippen LogP contribution in [0.15, 0.2) is 36.5 Å². The molecule has 0 radical (unpaired) electrons. The molecule has 1 aromatic heterocycles. The second-order valence-electron chi connectivity index (χ2n) is 8.68. The molecule has 2 amide bonds. The van der Waals surface area contributed by atoms with Gasteiger partial charge in [0.2, 0.25) is 5.91 Å². The van der Waals surface area contributed by atoms with Crippen molar-refractivity contribution in [2.75, 3.05) is 19.8 Å². The summed E-state index contributed by atoms with van der Waals surface area (Å²) in [4.78, 5) is 24.4. The van der Waals surface area contributed by atoms with E-state index < -0.39 is 11.6 Å². The summed E-state index contributed by atoms with van der Waals surface area (Å²) >= 11 is 0. The molecule has 1 aromatic carbocycles. The number of alkyl carbamates (subject to hydrolysis) is 1. The summed E-state index contributed by atoms with van der Waals surface area (Å²) in [6, 6.07) is 9.91. The topological polar surface area (TPSA) is 142 Å². The van der Waals surface area contributed by atoms with E-state index in [9.17, 15) is 9.59 Å². The minimum absolute atomic E-state index is 0.102. The number of amides is 2. The molecule has 0 saturated heterocycles. The zero-order chi connectivity index (χ0) is 24.1. The molecule has 33 heavy (non-hydrogen) atoms. The van der Waals surface area contributed by atoms with Crippen LogP contribution >= 0.6 is 0 Å². The molecule has 0 aliphatic carbocycles. The normalized spacial score (nSPS) is 12.2. The van der Waals surface area contributed by atoms with Gasteiger partial charge in [0, 0.05) is 19.6 Å². The van der Waals surface area contributed by atoms with Gasteiger partial charge in [-0.05, 0) is 57.1 Å². The predicted octanol–water partition coefficient (Wildman–Crippen LogP) is 2.37. The van der Waals surface area contributed by atoms with Gasteiger partial charge in [0.25, 0.3) is 0 Å². The first-order chi connectivity index (χ1) is 15.8. The van der Waals surface area contributed by atoms with E-state index in [1.54, 1.807) is 20.0 Å². The number of unbranched alkanes of at least 4 members (excludes halogenated alkanes) is 1. The van der Waals surface area contributed by atoms with Crippen molar-refractivity contribution >= 4 is 12.0 Å². The lowest BCUT2D eigenvalue weighted by Gasteiger charge is -2.24. The lowest BCUT2D eigenvalue weighted by atomic mass is 9.98. The summed E-state index contributed by atoms with van der Waals surface area (Å²) in [5.74, 6) is -0.244. The van der Waals surface area contributed by atoms with Crippen molar-refractivity contribution in [3.8, 4) is 0 Å². The van der Waals surface area contributed by atoms with Gasteiger partial charge in [-0.1, -0.05) is 30.3 Å². The van der Waals surface area contributed by atoms with E-state index in [1.165, 1.54) is 5.56 Å². The van der Waals surface area contributed by atoms with Crippen LogP contribution in [0.2, 0.25) is 0 Å². The second kappa shape index (κ2) is 13.6. The van der Waals surface area contributed by atoms with Crippen LogP contribution in [0.25, 0.3) is 0 Å². The fourth-order valence-electron chi connectivity index (χ4n) is 3.34. The fourth-order valence-corrected chi connectivity index (χ4v) is 3.34. The molecular weight excluding hydrogens is 422 g/mol. The van der Waals surface area contributed by atoms with Crippen LogP contribution in [0, 0.1) is 0 Å². The van der Waals surface area contributed by atoms with E-state index in [2.05, 4.69) is 33.0 Å². The highest BCUT2D eigenvalue weighted by Gasteiger charge is 2.27. The van der Waals surface area contributed by atoms with Crippen LogP contribution in [0.1, 0.15) is 62.4 Å². The largest absolute Gasteiger partial charge is 0.449 e. The minimum atomic E-state index is -1.00. The summed E-state index contributed by atoms with van der Waals surface area (Å²) in [7, 11) is 0. The number of ether oxygens (including phenoxy) is 1. The van der Waals surface area contributed by atoms with E-state index in [0.29, 0.717) is 32.2 Å². The number of H-pyrrole nitrogens is 1. The van der Waals surface area contributed by atoms with Gasteiger partial charge in [0.05, 0.1) is 30.1 Å². The maximum atomic E-state index is 12.6. The number of aliphatic hydroxyl groups excluding tert-OH is 1. The molecule has 6 N–H and O–H groups in total. The van der Waals surface area contributed by atoms with Gasteiger partial charge in [0.1, 0.15) is 0 Å². The molecule has 0 aliphatic rings. The van der Waals surface area contributed by atoms with Gasteiger partial charge in [-0.2, -0.15) is 5.10 Å². The van der Waals surface area contributed by atoms with Gasteiger partial charge in [-0.3, -0.25) is 9.89 Å².